The van der Waals surface area contributed by atoms with Gasteiger partial charge in [-0.3, -0.25) is 0 Å². The molecule has 0 bridgehead atoms. The second-order valence-corrected chi connectivity index (χ2v) is 7.25. The van der Waals surface area contributed by atoms with Gasteiger partial charge in [-0.05, 0) is 50.3 Å². The molecular formula is C13H18FNO2S. The molecule has 3 nitrogen and oxygen atoms in total. The third kappa shape index (κ3) is 2.29. The second-order valence-electron chi connectivity index (χ2n) is 5.04. The Morgan fingerprint density at radius 1 is 1.33 bits per heavy atom. The fourth-order valence-corrected chi connectivity index (χ4v) is 4.13. The van der Waals surface area contributed by atoms with E-state index in [1.165, 1.54) is 12.1 Å². The molecule has 1 aliphatic carbocycles. The molecule has 0 spiro atoms. The van der Waals surface area contributed by atoms with Gasteiger partial charge in [0.05, 0.1) is 4.90 Å². The predicted octanol–water partition coefficient (Wildman–Crippen LogP) is 2.34. The van der Waals surface area contributed by atoms with E-state index in [0.717, 1.165) is 5.56 Å². The van der Waals surface area contributed by atoms with Crippen LogP contribution in [0.3, 0.4) is 0 Å². The van der Waals surface area contributed by atoms with Gasteiger partial charge < -0.3 is 5.73 Å². The Balaban J connectivity index is 2.37. The number of halogens is 1. The van der Waals surface area contributed by atoms with Gasteiger partial charge in [-0.15, -0.1) is 0 Å². The first-order valence-electron chi connectivity index (χ1n) is 6.11. The van der Waals surface area contributed by atoms with E-state index in [1.54, 1.807) is 19.1 Å². The molecule has 0 atom stereocenters. The van der Waals surface area contributed by atoms with Crippen LogP contribution in [0.1, 0.15) is 31.2 Å². The summed E-state index contributed by atoms with van der Waals surface area (Å²) in [6.07, 6.45) is 0.817. The molecule has 2 rings (SSSR count). The molecule has 100 valence electrons. The summed E-state index contributed by atoms with van der Waals surface area (Å²) in [5, 5.41) is -2.16. The topological polar surface area (TPSA) is 60.2 Å². The Hall–Kier alpha value is -0.940. The third-order valence-corrected chi connectivity index (χ3v) is 5.80. The van der Waals surface area contributed by atoms with Crippen molar-refractivity contribution in [2.45, 2.75) is 48.5 Å². The smallest absolute Gasteiger partial charge is 0.215 e. The van der Waals surface area contributed by atoms with Crippen LogP contribution in [0.5, 0.6) is 0 Å². The molecule has 1 aromatic carbocycles. The summed E-state index contributed by atoms with van der Waals surface area (Å²) in [5.74, 6) is 0. The van der Waals surface area contributed by atoms with Crippen molar-refractivity contribution in [1.82, 2.24) is 0 Å². The molecular weight excluding hydrogens is 253 g/mol. The van der Waals surface area contributed by atoms with E-state index in [1.807, 2.05) is 0 Å². The molecule has 0 aromatic heterocycles. The van der Waals surface area contributed by atoms with Gasteiger partial charge in [0.2, 0.25) is 14.8 Å². The monoisotopic (exact) mass is 271 g/mol. The average molecular weight is 271 g/mol. The van der Waals surface area contributed by atoms with Gasteiger partial charge in [-0.2, -0.15) is 0 Å². The van der Waals surface area contributed by atoms with Crippen LogP contribution in [0.2, 0.25) is 0 Å². The number of alkyl halides is 1. The maximum absolute atomic E-state index is 14.7. The number of rotatable bonds is 2. The van der Waals surface area contributed by atoms with Crippen molar-refractivity contribution < 1.29 is 12.8 Å². The van der Waals surface area contributed by atoms with E-state index in [4.69, 9.17) is 5.73 Å². The van der Waals surface area contributed by atoms with Crippen LogP contribution in [-0.2, 0) is 9.84 Å². The summed E-state index contributed by atoms with van der Waals surface area (Å²) >= 11 is 0. The molecule has 1 saturated carbocycles. The van der Waals surface area contributed by atoms with Crippen molar-refractivity contribution in [3.05, 3.63) is 29.8 Å². The third-order valence-electron chi connectivity index (χ3n) is 3.56. The van der Waals surface area contributed by atoms with Crippen molar-refractivity contribution >= 4 is 9.84 Å². The van der Waals surface area contributed by atoms with Crippen molar-refractivity contribution in [3.63, 3.8) is 0 Å². The van der Waals surface area contributed by atoms with Crippen LogP contribution >= 0.6 is 0 Å². The van der Waals surface area contributed by atoms with E-state index >= 15 is 0 Å². The minimum absolute atomic E-state index is 0.00948. The van der Waals surface area contributed by atoms with Crippen LogP contribution in [-0.4, -0.2) is 19.5 Å². The Morgan fingerprint density at radius 2 is 1.94 bits per heavy atom. The van der Waals surface area contributed by atoms with E-state index in [-0.39, 0.29) is 23.8 Å². The highest BCUT2D eigenvalue weighted by Gasteiger charge is 2.47. The van der Waals surface area contributed by atoms with Gasteiger partial charge in [0, 0.05) is 6.04 Å². The number of hydrogen-bond acceptors (Lipinski definition) is 3. The van der Waals surface area contributed by atoms with Gasteiger partial charge in [0.15, 0.2) is 0 Å². The number of sulfone groups is 1. The first-order valence-corrected chi connectivity index (χ1v) is 7.59. The Morgan fingerprint density at radius 3 is 2.50 bits per heavy atom. The van der Waals surface area contributed by atoms with E-state index < -0.39 is 14.8 Å². The number of hydrogen-bond donors (Lipinski definition) is 1. The standard InChI is InChI=1S/C13H18FNO2S/c1-10-3-2-4-12(9-10)18(16,17)13(14)7-5-11(15)6-8-13/h2-4,9,11H,5-8,15H2,1H3/t11-,13-. The second kappa shape index (κ2) is 4.63. The highest BCUT2D eigenvalue weighted by molar-refractivity contribution is 7.92. The SMILES string of the molecule is Cc1cccc(S(=O)(=O)[C@]2(F)CC[C@@H](N)CC2)c1. The molecule has 0 unspecified atom stereocenters. The molecule has 0 radical (unpaired) electrons. The quantitative estimate of drug-likeness (QED) is 0.898. The van der Waals surface area contributed by atoms with Crippen LogP contribution in [0.15, 0.2) is 29.2 Å². The number of nitrogens with two attached hydrogens (primary N) is 1. The minimum Gasteiger partial charge on any atom is -0.328 e. The van der Waals surface area contributed by atoms with Gasteiger partial charge >= 0.3 is 0 Å². The number of benzene rings is 1. The van der Waals surface area contributed by atoms with E-state index in [0.29, 0.717) is 12.8 Å². The highest BCUT2D eigenvalue weighted by atomic mass is 32.2. The van der Waals surface area contributed by atoms with E-state index in [9.17, 15) is 12.8 Å². The Labute approximate surface area is 107 Å². The molecule has 18 heavy (non-hydrogen) atoms. The van der Waals surface area contributed by atoms with Crippen LogP contribution < -0.4 is 5.73 Å². The highest BCUT2D eigenvalue weighted by Crippen LogP contribution is 2.39. The van der Waals surface area contributed by atoms with E-state index in [2.05, 4.69) is 0 Å². The summed E-state index contributed by atoms with van der Waals surface area (Å²) in [4.78, 5) is 0.0699. The van der Waals surface area contributed by atoms with Gasteiger partial charge in [0.1, 0.15) is 0 Å². The van der Waals surface area contributed by atoms with Crippen LogP contribution in [0.25, 0.3) is 0 Å². The van der Waals surface area contributed by atoms with Crippen molar-refractivity contribution in [2.75, 3.05) is 0 Å². The largest absolute Gasteiger partial charge is 0.328 e. The van der Waals surface area contributed by atoms with Gasteiger partial charge in [0.25, 0.3) is 0 Å². The Kier molecular flexibility index (Phi) is 3.47. The maximum atomic E-state index is 14.7. The lowest BCUT2D eigenvalue weighted by Gasteiger charge is -2.32. The van der Waals surface area contributed by atoms with Gasteiger partial charge in [-0.25, -0.2) is 12.8 Å². The van der Waals surface area contributed by atoms with Crippen molar-refractivity contribution in [1.29, 1.82) is 0 Å². The predicted molar refractivity (Wildman–Crippen MR) is 68.6 cm³/mol. The molecule has 0 heterocycles. The lowest BCUT2D eigenvalue weighted by molar-refractivity contribution is 0.184. The van der Waals surface area contributed by atoms with Crippen LogP contribution in [0.4, 0.5) is 4.39 Å². The normalized spacial score (nSPS) is 29.2. The fourth-order valence-electron chi connectivity index (χ4n) is 2.33. The van der Waals surface area contributed by atoms with Crippen molar-refractivity contribution in [2.24, 2.45) is 5.73 Å². The lowest BCUT2D eigenvalue weighted by Crippen LogP contribution is -2.41. The molecule has 1 aliphatic rings. The van der Waals surface area contributed by atoms with Crippen LogP contribution in [0, 0.1) is 6.92 Å². The summed E-state index contributed by atoms with van der Waals surface area (Å²) in [6, 6.07) is 6.33. The average Bonchev–Trinajstić information content (AvgIpc) is 2.33. The summed E-state index contributed by atoms with van der Waals surface area (Å²) in [5.41, 5.74) is 6.51. The minimum atomic E-state index is -3.93. The summed E-state index contributed by atoms with van der Waals surface area (Å²) in [6.45, 7) is 1.79. The zero-order chi connectivity index (χ0) is 13.4. The molecule has 0 saturated heterocycles. The van der Waals surface area contributed by atoms with Gasteiger partial charge in [-0.1, -0.05) is 12.1 Å². The summed E-state index contributed by atoms with van der Waals surface area (Å²) in [7, 11) is -3.93. The lowest BCUT2D eigenvalue weighted by atomic mass is 9.94. The molecule has 1 aromatic rings. The maximum Gasteiger partial charge on any atom is 0.215 e. The zero-order valence-electron chi connectivity index (χ0n) is 10.4. The molecule has 2 N–H and O–H groups in total. The first kappa shape index (κ1) is 13.5. The molecule has 0 amide bonds. The molecule has 5 heteroatoms. The first-order chi connectivity index (χ1) is 8.35. The fraction of sp³-hybridized carbons (Fsp3) is 0.538. The number of aryl methyl sites for hydroxylation is 1. The molecule has 0 aliphatic heterocycles. The zero-order valence-corrected chi connectivity index (χ0v) is 11.2. The molecule has 1 fully saturated rings. The Bertz CT molecular complexity index is 534. The summed E-state index contributed by atoms with van der Waals surface area (Å²) < 4.78 is 39.4. The van der Waals surface area contributed by atoms with Crippen molar-refractivity contribution in [3.8, 4) is 0 Å².